The lowest BCUT2D eigenvalue weighted by molar-refractivity contribution is -0.116. The lowest BCUT2D eigenvalue weighted by Gasteiger charge is -2.08. The minimum atomic E-state index is -0.00256. The number of benzene rings is 1. The lowest BCUT2D eigenvalue weighted by atomic mass is 10.2. The Balaban J connectivity index is 1.82. The molecule has 124 valence electrons. The first-order valence-electron chi connectivity index (χ1n) is 8.61. The van der Waals surface area contributed by atoms with Crippen LogP contribution in [0.5, 0.6) is 0 Å². The molecule has 0 bridgehead atoms. The molecule has 0 fully saturated rings. The molecular formula is C19H27N3O. The van der Waals surface area contributed by atoms with Gasteiger partial charge in [-0.3, -0.25) is 4.79 Å². The number of fused-ring (bicyclic) bond motifs is 1. The Bertz CT molecular complexity index is 658. The van der Waals surface area contributed by atoms with Crippen LogP contribution in [0.15, 0.2) is 36.4 Å². The van der Waals surface area contributed by atoms with E-state index < -0.39 is 0 Å². The number of aromatic nitrogens is 2. The molecule has 0 aliphatic carbocycles. The predicted octanol–water partition coefficient (Wildman–Crippen LogP) is 3.85. The summed E-state index contributed by atoms with van der Waals surface area (Å²) < 4.78 is 2.35. The summed E-state index contributed by atoms with van der Waals surface area (Å²) in [5, 5.41) is 2.89. The molecule has 23 heavy (non-hydrogen) atoms. The van der Waals surface area contributed by atoms with E-state index in [1.165, 1.54) is 11.3 Å². The molecule has 0 unspecified atom stereocenters. The summed E-state index contributed by atoms with van der Waals surface area (Å²) in [6.07, 6.45) is 8.65. The van der Waals surface area contributed by atoms with Crippen LogP contribution in [0.4, 0.5) is 0 Å². The van der Waals surface area contributed by atoms with E-state index in [9.17, 15) is 4.79 Å². The van der Waals surface area contributed by atoms with Crippen molar-refractivity contribution in [3.8, 4) is 0 Å². The molecule has 2 aromatic rings. The average molecular weight is 313 g/mol. The van der Waals surface area contributed by atoms with E-state index in [0.717, 1.165) is 50.7 Å². The maximum absolute atomic E-state index is 11.3. The highest BCUT2D eigenvalue weighted by molar-refractivity contribution is 5.87. The largest absolute Gasteiger partial charge is 0.353 e. The van der Waals surface area contributed by atoms with Crippen LogP contribution in [0, 0.1) is 0 Å². The van der Waals surface area contributed by atoms with Crippen LogP contribution in [0.1, 0.15) is 45.4 Å². The SMILES string of the molecule is C/C=C/C(=O)NCCCCCc1nc2ccccc2n1CCC. The normalized spacial score (nSPS) is 11.4. The number of hydrogen-bond donors (Lipinski definition) is 1. The quantitative estimate of drug-likeness (QED) is 0.564. The number of carbonyl (C=O) groups is 1. The standard InChI is InChI=1S/C19H27N3O/c1-3-10-19(23)20-14-9-5-6-13-18-21-16-11-7-8-12-17(16)22(18)15-4-2/h3,7-8,10-12H,4-6,9,13-15H2,1-2H3,(H,20,23)/b10-3+. The first-order chi connectivity index (χ1) is 11.3. The second-order valence-electron chi connectivity index (χ2n) is 5.77. The van der Waals surface area contributed by atoms with Crippen molar-refractivity contribution >= 4 is 16.9 Å². The van der Waals surface area contributed by atoms with Crippen LogP contribution < -0.4 is 5.32 Å². The number of carbonyl (C=O) groups excluding carboxylic acids is 1. The summed E-state index contributed by atoms with van der Waals surface area (Å²) in [4.78, 5) is 16.1. The average Bonchev–Trinajstić information content (AvgIpc) is 2.89. The van der Waals surface area contributed by atoms with Crippen molar-refractivity contribution in [3.05, 3.63) is 42.2 Å². The van der Waals surface area contributed by atoms with Crippen molar-refractivity contribution in [2.75, 3.05) is 6.54 Å². The smallest absolute Gasteiger partial charge is 0.243 e. The Morgan fingerprint density at radius 2 is 2.09 bits per heavy atom. The number of para-hydroxylation sites is 2. The van der Waals surface area contributed by atoms with E-state index >= 15 is 0 Å². The summed E-state index contributed by atoms with van der Waals surface area (Å²) in [5.74, 6) is 1.18. The third kappa shape index (κ3) is 4.95. The van der Waals surface area contributed by atoms with Crippen molar-refractivity contribution < 1.29 is 4.79 Å². The Labute approximate surface area is 138 Å². The fourth-order valence-corrected chi connectivity index (χ4v) is 2.80. The molecule has 1 amide bonds. The Kier molecular flexibility index (Phi) is 6.85. The molecule has 0 spiro atoms. The number of nitrogens with zero attached hydrogens (tertiary/aromatic N) is 2. The molecule has 0 radical (unpaired) electrons. The topological polar surface area (TPSA) is 46.9 Å². The van der Waals surface area contributed by atoms with Crippen LogP contribution >= 0.6 is 0 Å². The van der Waals surface area contributed by atoms with Crippen LogP contribution in [-0.2, 0) is 17.8 Å². The zero-order valence-electron chi connectivity index (χ0n) is 14.2. The van der Waals surface area contributed by atoms with Crippen molar-refractivity contribution in [2.45, 2.75) is 52.5 Å². The number of amides is 1. The molecule has 4 heteroatoms. The van der Waals surface area contributed by atoms with E-state index in [-0.39, 0.29) is 5.91 Å². The Morgan fingerprint density at radius 3 is 2.87 bits per heavy atom. The summed E-state index contributed by atoms with van der Waals surface area (Å²) in [6, 6.07) is 8.36. The molecule has 0 aliphatic heterocycles. The predicted molar refractivity (Wildman–Crippen MR) is 95.4 cm³/mol. The minimum Gasteiger partial charge on any atom is -0.353 e. The van der Waals surface area contributed by atoms with Gasteiger partial charge >= 0.3 is 0 Å². The number of rotatable bonds is 9. The molecule has 0 aliphatic rings. The zero-order chi connectivity index (χ0) is 16.5. The van der Waals surface area contributed by atoms with Gasteiger partial charge in [-0.1, -0.05) is 31.6 Å². The van der Waals surface area contributed by atoms with E-state index in [0.29, 0.717) is 0 Å². The maximum Gasteiger partial charge on any atom is 0.243 e. The van der Waals surface area contributed by atoms with Gasteiger partial charge in [-0.25, -0.2) is 4.98 Å². The molecule has 4 nitrogen and oxygen atoms in total. The van der Waals surface area contributed by atoms with Crippen LogP contribution in [0.3, 0.4) is 0 Å². The maximum atomic E-state index is 11.3. The zero-order valence-corrected chi connectivity index (χ0v) is 14.2. The van der Waals surface area contributed by atoms with Crippen molar-refractivity contribution in [1.82, 2.24) is 14.9 Å². The van der Waals surface area contributed by atoms with Crippen molar-refractivity contribution in [2.24, 2.45) is 0 Å². The van der Waals surface area contributed by atoms with Crippen LogP contribution in [0.25, 0.3) is 11.0 Å². The van der Waals surface area contributed by atoms with Gasteiger partial charge in [0.1, 0.15) is 5.82 Å². The van der Waals surface area contributed by atoms with E-state index in [1.54, 1.807) is 12.2 Å². The molecule has 1 aromatic heterocycles. The van der Waals surface area contributed by atoms with Gasteiger partial charge < -0.3 is 9.88 Å². The molecule has 2 rings (SSSR count). The highest BCUT2D eigenvalue weighted by Crippen LogP contribution is 2.18. The Hall–Kier alpha value is -2.10. The van der Waals surface area contributed by atoms with Crippen molar-refractivity contribution in [1.29, 1.82) is 0 Å². The van der Waals surface area contributed by atoms with Gasteiger partial charge in [-0.2, -0.15) is 0 Å². The van der Waals surface area contributed by atoms with Gasteiger partial charge in [-0.05, 0) is 44.4 Å². The molecule has 0 atom stereocenters. The van der Waals surface area contributed by atoms with Gasteiger partial charge in [0.05, 0.1) is 11.0 Å². The molecule has 1 aromatic carbocycles. The highest BCUT2D eigenvalue weighted by atomic mass is 16.1. The lowest BCUT2D eigenvalue weighted by Crippen LogP contribution is -2.21. The fraction of sp³-hybridized carbons (Fsp3) is 0.474. The van der Waals surface area contributed by atoms with Gasteiger partial charge in [-0.15, -0.1) is 0 Å². The number of imidazole rings is 1. The molecule has 0 saturated carbocycles. The van der Waals surface area contributed by atoms with Crippen LogP contribution in [-0.4, -0.2) is 22.0 Å². The first kappa shape index (κ1) is 17.3. The third-order valence-corrected chi connectivity index (χ3v) is 3.88. The van der Waals surface area contributed by atoms with Gasteiger partial charge in [0.15, 0.2) is 0 Å². The second kappa shape index (κ2) is 9.13. The number of hydrogen-bond acceptors (Lipinski definition) is 2. The molecule has 0 saturated heterocycles. The molecular weight excluding hydrogens is 286 g/mol. The summed E-state index contributed by atoms with van der Waals surface area (Å²) in [5.41, 5.74) is 2.33. The summed E-state index contributed by atoms with van der Waals surface area (Å²) in [6.45, 7) is 5.82. The monoisotopic (exact) mass is 313 g/mol. The minimum absolute atomic E-state index is 0.00256. The van der Waals surface area contributed by atoms with Crippen LogP contribution in [0.2, 0.25) is 0 Å². The fourth-order valence-electron chi connectivity index (χ4n) is 2.80. The third-order valence-electron chi connectivity index (χ3n) is 3.88. The Morgan fingerprint density at radius 1 is 1.26 bits per heavy atom. The summed E-state index contributed by atoms with van der Waals surface area (Å²) >= 11 is 0. The highest BCUT2D eigenvalue weighted by Gasteiger charge is 2.09. The number of nitrogens with one attached hydrogen (secondary N) is 1. The van der Waals surface area contributed by atoms with Gasteiger partial charge in [0.25, 0.3) is 0 Å². The number of unbranched alkanes of at least 4 members (excludes halogenated alkanes) is 2. The molecule has 1 heterocycles. The first-order valence-corrected chi connectivity index (χ1v) is 8.61. The van der Waals surface area contributed by atoms with Crippen molar-refractivity contribution in [3.63, 3.8) is 0 Å². The van der Waals surface area contributed by atoms with E-state index in [4.69, 9.17) is 4.98 Å². The number of aryl methyl sites for hydroxylation is 2. The number of allylic oxidation sites excluding steroid dienone is 1. The summed E-state index contributed by atoms with van der Waals surface area (Å²) in [7, 11) is 0. The van der Waals surface area contributed by atoms with Gasteiger partial charge in [0.2, 0.25) is 5.91 Å². The second-order valence-corrected chi connectivity index (χ2v) is 5.77. The molecule has 1 N–H and O–H groups in total. The van der Waals surface area contributed by atoms with E-state index in [2.05, 4.69) is 35.0 Å². The van der Waals surface area contributed by atoms with Gasteiger partial charge in [0, 0.05) is 19.5 Å². The van der Waals surface area contributed by atoms with E-state index in [1.807, 2.05) is 13.0 Å².